The molecular formula is C13H15N7O. The molecule has 0 aliphatic carbocycles. The lowest BCUT2D eigenvalue weighted by Crippen LogP contribution is -2.10. The molecule has 0 saturated carbocycles. The maximum absolute atomic E-state index is 5.47. The van der Waals surface area contributed by atoms with Crippen molar-refractivity contribution in [3.05, 3.63) is 30.1 Å². The lowest BCUT2D eigenvalue weighted by molar-refractivity contribution is 0.430. The zero-order chi connectivity index (χ0) is 14.7. The van der Waals surface area contributed by atoms with Gasteiger partial charge in [0.25, 0.3) is 5.89 Å². The van der Waals surface area contributed by atoms with E-state index in [0.29, 0.717) is 30.5 Å². The van der Waals surface area contributed by atoms with Crippen LogP contribution in [-0.2, 0) is 13.0 Å². The van der Waals surface area contributed by atoms with Crippen LogP contribution in [0.5, 0.6) is 0 Å². The molecule has 0 aromatic carbocycles. The summed E-state index contributed by atoms with van der Waals surface area (Å²) in [5.41, 5.74) is 7.79. The van der Waals surface area contributed by atoms with Gasteiger partial charge in [0, 0.05) is 12.7 Å². The van der Waals surface area contributed by atoms with Crippen molar-refractivity contribution in [3.8, 4) is 23.1 Å². The van der Waals surface area contributed by atoms with Gasteiger partial charge in [0.1, 0.15) is 5.69 Å². The highest BCUT2D eigenvalue weighted by Crippen LogP contribution is 2.21. The molecule has 0 amide bonds. The van der Waals surface area contributed by atoms with E-state index in [1.54, 1.807) is 17.1 Å². The van der Waals surface area contributed by atoms with Gasteiger partial charge < -0.3 is 10.3 Å². The van der Waals surface area contributed by atoms with Crippen LogP contribution in [-0.4, -0.2) is 36.7 Å². The summed E-state index contributed by atoms with van der Waals surface area (Å²) in [6, 6.07) is 3.89. The first-order valence-corrected chi connectivity index (χ1v) is 6.70. The molecule has 0 bridgehead atoms. The number of hydrogen-bond acceptors (Lipinski definition) is 7. The molecule has 0 aliphatic rings. The van der Waals surface area contributed by atoms with Gasteiger partial charge in [-0.25, -0.2) is 0 Å². The standard InChI is InChI=1S/C13H15N7O/c1-2-9-4-3-6-15-11(9)12-16-13(21-18-12)10-8-20(7-5-14)19-17-10/h3-4,6,8H,2,5,7,14H2,1H3. The Kier molecular flexibility index (Phi) is 3.69. The molecule has 8 nitrogen and oxygen atoms in total. The largest absolute Gasteiger partial charge is 0.332 e. The van der Waals surface area contributed by atoms with Crippen LogP contribution < -0.4 is 5.73 Å². The number of nitrogens with two attached hydrogens (primary N) is 1. The molecule has 0 radical (unpaired) electrons. The van der Waals surface area contributed by atoms with E-state index in [-0.39, 0.29) is 0 Å². The van der Waals surface area contributed by atoms with Gasteiger partial charge in [-0.2, -0.15) is 4.98 Å². The smallest absolute Gasteiger partial charge is 0.280 e. The molecule has 0 spiro atoms. The molecule has 8 heteroatoms. The second-order valence-electron chi connectivity index (χ2n) is 4.44. The highest BCUT2D eigenvalue weighted by Gasteiger charge is 2.16. The number of rotatable bonds is 5. The quantitative estimate of drug-likeness (QED) is 0.742. The molecule has 2 N–H and O–H groups in total. The second kappa shape index (κ2) is 5.80. The molecule has 0 atom stereocenters. The Morgan fingerprint density at radius 1 is 1.38 bits per heavy atom. The maximum Gasteiger partial charge on any atom is 0.280 e. The van der Waals surface area contributed by atoms with Gasteiger partial charge in [0.2, 0.25) is 5.82 Å². The first kappa shape index (κ1) is 13.4. The third-order valence-electron chi connectivity index (χ3n) is 3.03. The first-order chi connectivity index (χ1) is 10.3. The van der Waals surface area contributed by atoms with Gasteiger partial charge in [-0.3, -0.25) is 9.67 Å². The molecule has 0 fully saturated rings. The number of aromatic nitrogens is 6. The summed E-state index contributed by atoms with van der Waals surface area (Å²) in [7, 11) is 0. The average molecular weight is 285 g/mol. The number of pyridine rings is 1. The Balaban J connectivity index is 1.92. The molecular weight excluding hydrogens is 270 g/mol. The third-order valence-corrected chi connectivity index (χ3v) is 3.03. The highest BCUT2D eigenvalue weighted by molar-refractivity contribution is 5.57. The monoisotopic (exact) mass is 285 g/mol. The van der Waals surface area contributed by atoms with Crippen molar-refractivity contribution in [1.82, 2.24) is 30.1 Å². The van der Waals surface area contributed by atoms with Crippen LogP contribution >= 0.6 is 0 Å². The molecule has 0 saturated heterocycles. The number of aryl methyl sites for hydroxylation is 1. The van der Waals surface area contributed by atoms with E-state index in [9.17, 15) is 0 Å². The Labute approximate surface area is 121 Å². The minimum absolute atomic E-state index is 0.320. The molecule has 3 aromatic rings. The van der Waals surface area contributed by atoms with Gasteiger partial charge in [-0.1, -0.05) is 23.4 Å². The predicted molar refractivity (Wildman–Crippen MR) is 75.0 cm³/mol. The van der Waals surface area contributed by atoms with Crippen LogP contribution in [0.1, 0.15) is 12.5 Å². The highest BCUT2D eigenvalue weighted by atomic mass is 16.5. The van der Waals surface area contributed by atoms with Crippen molar-refractivity contribution in [1.29, 1.82) is 0 Å². The van der Waals surface area contributed by atoms with E-state index in [2.05, 4.69) is 32.4 Å². The summed E-state index contributed by atoms with van der Waals surface area (Å²) in [5, 5.41) is 11.9. The van der Waals surface area contributed by atoms with E-state index < -0.39 is 0 Å². The molecule has 0 aliphatic heterocycles. The zero-order valence-electron chi connectivity index (χ0n) is 11.6. The topological polar surface area (TPSA) is 109 Å². The summed E-state index contributed by atoms with van der Waals surface area (Å²) >= 11 is 0. The molecule has 3 aromatic heterocycles. The van der Waals surface area contributed by atoms with E-state index in [1.807, 2.05) is 12.1 Å². The number of nitrogens with zero attached hydrogens (tertiary/aromatic N) is 6. The maximum atomic E-state index is 5.47. The van der Waals surface area contributed by atoms with Gasteiger partial charge in [-0.15, -0.1) is 5.10 Å². The molecule has 3 heterocycles. The van der Waals surface area contributed by atoms with Crippen molar-refractivity contribution in [3.63, 3.8) is 0 Å². The van der Waals surface area contributed by atoms with Crippen molar-refractivity contribution < 1.29 is 4.52 Å². The summed E-state index contributed by atoms with van der Waals surface area (Å²) in [6.07, 6.45) is 4.28. The van der Waals surface area contributed by atoms with E-state index in [1.165, 1.54) is 0 Å². The zero-order valence-corrected chi connectivity index (χ0v) is 11.6. The van der Waals surface area contributed by atoms with Crippen LogP contribution in [0.15, 0.2) is 29.0 Å². The normalized spacial score (nSPS) is 11.0. The van der Waals surface area contributed by atoms with E-state index >= 15 is 0 Å². The summed E-state index contributed by atoms with van der Waals surface area (Å²) in [5.74, 6) is 0.775. The lowest BCUT2D eigenvalue weighted by atomic mass is 10.1. The molecule has 21 heavy (non-hydrogen) atoms. The average Bonchev–Trinajstić information content (AvgIpc) is 3.16. The summed E-state index contributed by atoms with van der Waals surface area (Å²) in [6.45, 7) is 3.14. The minimum Gasteiger partial charge on any atom is -0.332 e. The fourth-order valence-corrected chi connectivity index (χ4v) is 1.99. The van der Waals surface area contributed by atoms with E-state index in [4.69, 9.17) is 10.3 Å². The fraction of sp³-hybridized carbons (Fsp3) is 0.308. The van der Waals surface area contributed by atoms with Crippen molar-refractivity contribution in [2.45, 2.75) is 19.9 Å². The van der Waals surface area contributed by atoms with Crippen LogP contribution in [0.25, 0.3) is 23.1 Å². The van der Waals surface area contributed by atoms with Crippen LogP contribution in [0, 0.1) is 0 Å². The van der Waals surface area contributed by atoms with Gasteiger partial charge in [0.05, 0.1) is 12.7 Å². The number of hydrogen-bond donors (Lipinski definition) is 1. The van der Waals surface area contributed by atoms with Crippen LogP contribution in [0.3, 0.4) is 0 Å². The van der Waals surface area contributed by atoms with Gasteiger partial charge in [0.15, 0.2) is 5.69 Å². The lowest BCUT2D eigenvalue weighted by Gasteiger charge is -2.00. The van der Waals surface area contributed by atoms with E-state index in [0.717, 1.165) is 17.7 Å². The Hall–Kier alpha value is -2.61. The first-order valence-electron chi connectivity index (χ1n) is 6.70. The van der Waals surface area contributed by atoms with Crippen molar-refractivity contribution >= 4 is 0 Å². The Morgan fingerprint density at radius 3 is 3.10 bits per heavy atom. The van der Waals surface area contributed by atoms with Crippen molar-refractivity contribution in [2.24, 2.45) is 5.73 Å². The molecule has 108 valence electrons. The Morgan fingerprint density at radius 2 is 2.29 bits per heavy atom. The third kappa shape index (κ3) is 2.65. The van der Waals surface area contributed by atoms with Crippen LogP contribution in [0.4, 0.5) is 0 Å². The summed E-state index contributed by atoms with van der Waals surface area (Å²) < 4.78 is 6.88. The second-order valence-corrected chi connectivity index (χ2v) is 4.44. The van der Waals surface area contributed by atoms with Crippen LogP contribution in [0.2, 0.25) is 0 Å². The minimum atomic E-state index is 0.320. The molecule has 3 rings (SSSR count). The predicted octanol–water partition coefficient (Wildman–Crippen LogP) is 0.911. The van der Waals surface area contributed by atoms with Gasteiger partial charge in [-0.05, 0) is 18.1 Å². The summed E-state index contributed by atoms with van der Waals surface area (Å²) in [4.78, 5) is 8.66. The SMILES string of the molecule is CCc1cccnc1-c1noc(-c2cn(CCN)nn2)n1. The molecule has 0 unspecified atom stereocenters. The fourth-order valence-electron chi connectivity index (χ4n) is 1.99. The van der Waals surface area contributed by atoms with Crippen molar-refractivity contribution in [2.75, 3.05) is 6.54 Å². The Bertz CT molecular complexity index is 733. The van der Waals surface area contributed by atoms with Gasteiger partial charge >= 0.3 is 0 Å².